The molecule has 0 bridgehead atoms. The van der Waals surface area contributed by atoms with Gasteiger partial charge >= 0.3 is 6.03 Å². The minimum Gasteiger partial charge on any atom is -0.350 e. The van der Waals surface area contributed by atoms with Gasteiger partial charge in [0, 0.05) is 18.0 Å². The van der Waals surface area contributed by atoms with Crippen molar-refractivity contribution < 1.29 is 4.79 Å². The Morgan fingerprint density at radius 2 is 2.56 bits per heavy atom. The highest BCUT2D eigenvalue weighted by Crippen LogP contribution is 2.25. The third kappa shape index (κ3) is 2.18. The SMILES string of the molecule is CC(c1cccs1)N(C(N)=O)N1CCNC1. The molecule has 1 atom stereocenters. The van der Waals surface area contributed by atoms with Crippen molar-refractivity contribution in [1.29, 1.82) is 0 Å². The summed E-state index contributed by atoms with van der Waals surface area (Å²) in [5.74, 6) is 0. The Balaban J connectivity index is 2.15. The Hall–Kier alpha value is -1.11. The van der Waals surface area contributed by atoms with Gasteiger partial charge in [0.1, 0.15) is 0 Å². The molecule has 1 aromatic heterocycles. The second kappa shape index (κ2) is 4.82. The molecule has 3 N–H and O–H groups in total. The molecule has 2 heterocycles. The smallest absolute Gasteiger partial charge is 0.329 e. The zero-order chi connectivity index (χ0) is 11.5. The summed E-state index contributed by atoms with van der Waals surface area (Å²) in [6.07, 6.45) is 0. The van der Waals surface area contributed by atoms with Gasteiger partial charge < -0.3 is 11.1 Å². The number of primary amides is 1. The predicted molar refractivity (Wildman–Crippen MR) is 63.7 cm³/mol. The highest BCUT2D eigenvalue weighted by atomic mass is 32.1. The quantitative estimate of drug-likeness (QED) is 0.827. The highest BCUT2D eigenvalue weighted by Gasteiger charge is 2.28. The van der Waals surface area contributed by atoms with E-state index in [-0.39, 0.29) is 6.04 Å². The first kappa shape index (κ1) is 11.4. The van der Waals surface area contributed by atoms with E-state index in [1.807, 2.05) is 29.4 Å². The van der Waals surface area contributed by atoms with Gasteiger partial charge in [-0.05, 0) is 18.4 Å². The summed E-state index contributed by atoms with van der Waals surface area (Å²) in [6.45, 7) is 4.38. The van der Waals surface area contributed by atoms with E-state index in [0.29, 0.717) is 6.67 Å². The Kier molecular flexibility index (Phi) is 3.42. The standard InChI is InChI=1S/C10H16N4OS/c1-8(9-3-2-6-16-9)14(10(11)15)13-5-4-12-7-13/h2-3,6,8,12H,4-5,7H2,1H3,(H2,11,15). The number of rotatable bonds is 3. The number of amides is 2. The molecule has 0 spiro atoms. The molecule has 6 heteroatoms. The molecule has 16 heavy (non-hydrogen) atoms. The molecule has 1 fully saturated rings. The molecule has 1 aromatic rings. The van der Waals surface area contributed by atoms with Crippen LogP contribution in [0.3, 0.4) is 0 Å². The van der Waals surface area contributed by atoms with Crippen LogP contribution in [0, 0.1) is 0 Å². The summed E-state index contributed by atoms with van der Waals surface area (Å²) in [5, 5.41) is 8.78. The van der Waals surface area contributed by atoms with Crippen molar-refractivity contribution >= 4 is 17.4 Å². The molecule has 1 unspecified atom stereocenters. The lowest BCUT2D eigenvalue weighted by Crippen LogP contribution is -2.49. The Morgan fingerprint density at radius 1 is 1.75 bits per heavy atom. The van der Waals surface area contributed by atoms with Crippen LogP contribution in [0.4, 0.5) is 4.79 Å². The van der Waals surface area contributed by atoms with Gasteiger partial charge in [0.25, 0.3) is 0 Å². The maximum atomic E-state index is 11.5. The summed E-state index contributed by atoms with van der Waals surface area (Å²) in [5.41, 5.74) is 5.45. The fourth-order valence-electron chi connectivity index (χ4n) is 1.90. The lowest BCUT2D eigenvalue weighted by atomic mass is 10.2. The first-order chi connectivity index (χ1) is 7.70. The van der Waals surface area contributed by atoms with Crippen LogP contribution < -0.4 is 11.1 Å². The normalized spacial score (nSPS) is 18.6. The van der Waals surface area contributed by atoms with Crippen LogP contribution in [-0.4, -0.2) is 35.8 Å². The van der Waals surface area contributed by atoms with Gasteiger partial charge in [-0.15, -0.1) is 11.3 Å². The Labute approximate surface area is 98.8 Å². The number of hydrogen-bond acceptors (Lipinski definition) is 4. The van der Waals surface area contributed by atoms with E-state index in [1.54, 1.807) is 16.3 Å². The summed E-state index contributed by atoms with van der Waals surface area (Å²) < 4.78 is 0. The van der Waals surface area contributed by atoms with E-state index >= 15 is 0 Å². The van der Waals surface area contributed by atoms with E-state index in [4.69, 9.17) is 5.73 Å². The molecular formula is C10H16N4OS. The maximum Gasteiger partial charge on any atom is 0.329 e. The van der Waals surface area contributed by atoms with Gasteiger partial charge in [-0.1, -0.05) is 6.07 Å². The summed E-state index contributed by atoms with van der Waals surface area (Å²) in [6, 6.07) is 3.61. The van der Waals surface area contributed by atoms with Crippen molar-refractivity contribution in [3.63, 3.8) is 0 Å². The molecule has 0 aromatic carbocycles. The fourth-order valence-corrected chi connectivity index (χ4v) is 2.67. The van der Waals surface area contributed by atoms with Crippen molar-refractivity contribution in [2.75, 3.05) is 19.8 Å². The average molecular weight is 240 g/mol. The molecule has 0 radical (unpaired) electrons. The van der Waals surface area contributed by atoms with Gasteiger partial charge in [-0.25, -0.2) is 14.8 Å². The van der Waals surface area contributed by atoms with Crippen molar-refractivity contribution in [3.05, 3.63) is 22.4 Å². The number of hydrazine groups is 1. The summed E-state index contributed by atoms with van der Waals surface area (Å²) >= 11 is 1.64. The first-order valence-electron chi connectivity index (χ1n) is 5.28. The number of carbonyl (C=O) groups is 1. The molecule has 2 rings (SSSR count). The van der Waals surface area contributed by atoms with Crippen molar-refractivity contribution in [3.8, 4) is 0 Å². The van der Waals surface area contributed by atoms with Crippen molar-refractivity contribution in [1.82, 2.24) is 15.3 Å². The monoisotopic (exact) mass is 240 g/mol. The Bertz CT molecular complexity index is 348. The van der Waals surface area contributed by atoms with E-state index < -0.39 is 6.03 Å². The van der Waals surface area contributed by atoms with E-state index in [9.17, 15) is 4.79 Å². The number of nitrogens with one attached hydrogen (secondary N) is 1. The van der Waals surface area contributed by atoms with Crippen LogP contribution in [0.25, 0.3) is 0 Å². The fraction of sp³-hybridized carbons (Fsp3) is 0.500. The van der Waals surface area contributed by atoms with Gasteiger partial charge in [0.15, 0.2) is 0 Å². The number of nitrogens with two attached hydrogens (primary N) is 1. The van der Waals surface area contributed by atoms with E-state index in [0.717, 1.165) is 18.0 Å². The van der Waals surface area contributed by atoms with E-state index in [1.165, 1.54) is 0 Å². The van der Waals surface area contributed by atoms with Crippen LogP contribution in [0.15, 0.2) is 17.5 Å². The molecule has 1 saturated heterocycles. The van der Waals surface area contributed by atoms with Gasteiger partial charge in [-0.3, -0.25) is 0 Å². The minimum absolute atomic E-state index is 0.00241. The van der Waals surface area contributed by atoms with Crippen LogP contribution in [-0.2, 0) is 0 Å². The number of nitrogens with zero attached hydrogens (tertiary/aromatic N) is 2. The van der Waals surface area contributed by atoms with Crippen LogP contribution >= 0.6 is 11.3 Å². The topological polar surface area (TPSA) is 61.6 Å². The number of carbonyl (C=O) groups excluding carboxylic acids is 1. The summed E-state index contributed by atoms with van der Waals surface area (Å²) in [7, 11) is 0. The van der Waals surface area contributed by atoms with Crippen LogP contribution in [0.2, 0.25) is 0 Å². The molecule has 0 aliphatic carbocycles. The molecule has 1 aliphatic rings. The van der Waals surface area contributed by atoms with Crippen LogP contribution in [0.1, 0.15) is 17.8 Å². The molecule has 0 saturated carbocycles. The highest BCUT2D eigenvalue weighted by molar-refractivity contribution is 7.10. The Morgan fingerprint density at radius 3 is 3.06 bits per heavy atom. The minimum atomic E-state index is -0.399. The van der Waals surface area contributed by atoms with E-state index in [2.05, 4.69) is 5.32 Å². The second-order valence-electron chi connectivity index (χ2n) is 3.76. The third-order valence-electron chi connectivity index (χ3n) is 2.69. The maximum absolute atomic E-state index is 11.5. The zero-order valence-corrected chi connectivity index (χ0v) is 10.0. The van der Waals surface area contributed by atoms with Crippen molar-refractivity contribution in [2.45, 2.75) is 13.0 Å². The lowest BCUT2D eigenvalue weighted by molar-refractivity contribution is 0.00888. The molecule has 1 aliphatic heterocycles. The summed E-state index contributed by atoms with van der Waals surface area (Å²) in [4.78, 5) is 12.7. The van der Waals surface area contributed by atoms with Gasteiger partial charge in [-0.2, -0.15) is 0 Å². The number of urea groups is 1. The number of thiophene rings is 1. The first-order valence-corrected chi connectivity index (χ1v) is 6.16. The zero-order valence-electron chi connectivity index (χ0n) is 9.22. The number of hydrogen-bond donors (Lipinski definition) is 2. The van der Waals surface area contributed by atoms with Gasteiger partial charge in [0.2, 0.25) is 0 Å². The predicted octanol–water partition coefficient (Wildman–Crippen LogP) is 0.968. The molecule has 2 amide bonds. The van der Waals surface area contributed by atoms with Gasteiger partial charge in [0.05, 0.1) is 12.7 Å². The largest absolute Gasteiger partial charge is 0.350 e. The van der Waals surface area contributed by atoms with Crippen molar-refractivity contribution in [2.24, 2.45) is 5.73 Å². The molecular weight excluding hydrogens is 224 g/mol. The lowest BCUT2D eigenvalue weighted by Gasteiger charge is -2.34. The molecule has 88 valence electrons. The average Bonchev–Trinajstić information content (AvgIpc) is 2.89. The van der Waals surface area contributed by atoms with Crippen LogP contribution in [0.5, 0.6) is 0 Å². The molecule has 5 nitrogen and oxygen atoms in total. The second-order valence-corrected chi connectivity index (χ2v) is 4.74. The third-order valence-corrected chi connectivity index (χ3v) is 3.74.